The average Bonchev–Trinajstić information content (AvgIpc) is 2.38. The van der Waals surface area contributed by atoms with Crippen LogP contribution in [0, 0.1) is 11.7 Å². The van der Waals surface area contributed by atoms with Gasteiger partial charge in [-0.25, -0.2) is 17.5 Å². The van der Waals surface area contributed by atoms with Crippen LogP contribution in [0.4, 0.5) is 4.39 Å². The first-order valence-corrected chi connectivity index (χ1v) is 8.51. The van der Waals surface area contributed by atoms with Gasteiger partial charge in [-0.2, -0.15) is 0 Å². The summed E-state index contributed by atoms with van der Waals surface area (Å²) in [6.45, 7) is 2.40. The standard InChI is InChI=1S/C13H17ClFNO4S/c1-9(13-11(14)3-2-4-12(13)15)16-21(17,18)7-10-5-19-8-20-6-10/h2-4,9-10,16H,5-8H2,1H3. The molecule has 1 N–H and O–H groups in total. The number of nitrogens with one attached hydrogen (secondary N) is 1. The molecule has 1 unspecified atom stereocenters. The van der Waals surface area contributed by atoms with Crippen molar-refractivity contribution in [2.45, 2.75) is 13.0 Å². The molecule has 1 saturated heterocycles. The first-order chi connectivity index (χ1) is 9.89. The van der Waals surface area contributed by atoms with Crippen LogP contribution < -0.4 is 4.72 Å². The van der Waals surface area contributed by atoms with Crippen molar-refractivity contribution in [3.8, 4) is 0 Å². The molecule has 1 aliphatic rings. The fourth-order valence-electron chi connectivity index (χ4n) is 2.24. The van der Waals surface area contributed by atoms with Gasteiger partial charge in [0.05, 0.1) is 19.0 Å². The lowest BCUT2D eigenvalue weighted by Crippen LogP contribution is -2.37. The van der Waals surface area contributed by atoms with Crippen LogP contribution in [0.5, 0.6) is 0 Å². The van der Waals surface area contributed by atoms with Crippen LogP contribution in [0.3, 0.4) is 0 Å². The number of sulfonamides is 1. The van der Waals surface area contributed by atoms with Crippen LogP contribution in [0.2, 0.25) is 5.02 Å². The molecule has 0 saturated carbocycles. The Labute approximate surface area is 128 Å². The van der Waals surface area contributed by atoms with Crippen molar-refractivity contribution < 1.29 is 22.3 Å². The van der Waals surface area contributed by atoms with Gasteiger partial charge in [-0.15, -0.1) is 0 Å². The normalized spacial score (nSPS) is 18.6. The van der Waals surface area contributed by atoms with Crippen molar-refractivity contribution in [3.63, 3.8) is 0 Å². The fraction of sp³-hybridized carbons (Fsp3) is 0.538. The summed E-state index contributed by atoms with van der Waals surface area (Å²) in [7, 11) is -3.60. The predicted octanol–water partition coefficient (Wildman–Crippen LogP) is 2.08. The Morgan fingerprint density at radius 1 is 1.43 bits per heavy atom. The molecular weight excluding hydrogens is 321 g/mol. The van der Waals surface area contributed by atoms with Crippen molar-refractivity contribution in [2.24, 2.45) is 5.92 Å². The molecule has 118 valence electrons. The Morgan fingerprint density at radius 3 is 2.71 bits per heavy atom. The third-order valence-corrected chi connectivity index (χ3v) is 5.07. The Bertz CT molecular complexity index is 570. The monoisotopic (exact) mass is 337 g/mol. The van der Waals surface area contributed by atoms with Gasteiger partial charge >= 0.3 is 0 Å². The minimum absolute atomic E-state index is 0.136. The smallest absolute Gasteiger partial charge is 0.212 e. The Morgan fingerprint density at radius 2 is 2.10 bits per heavy atom. The predicted molar refractivity (Wildman–Crippen MR) is 77.0 cm³/mol. The highest BCUT2D eigenvalue weighted by atomic mass is 35.5. The second kappa shape index (κ2) is 7.02. The van der Waals surface area contributed by atoms with Crippen LogP contribution in [0.25, 0.3) is 0 Å². The van der Waals surface area contributed by atoms with E-state index in [4.69, 9.17) is 21.1 Å². The van der Waals surface area contributed by atoms with E-state index in [9.17, 15) is 12.8 Å². The zero-order valence-corrected chi connectivity index (χ0v) is 13.1. The second-order valence-corrected chi connectivity index (χ2v) is 7.19. The number of hydrogen-bond donors (Lipinski definition) is 1. The van der Waals surface area contributed by atoms with Gasteiger partial charge in [-0.1, -0.05) is 17.7 Å². The maximum absolute atomic E-state index is 13.8. The molecule has 8 heteroatoms. The van der Waals surface area contributed by atoms with E-state index in [1.54, 1.807) is 6.92 Å². The topological polar surface area (TPSA) is 64.6 Å². The Balaban J connectivity index is 2.05. The third-order valence-electron chi connectivity index (χ3n) is 3.12. The van der Waals surface area contributed by atoms with Crippen LogP contribution in [0.15, 0.2) is 18.2 Å². The van der Waals surface area contributed by atoms with Crippen LogP contribution in [-0.4, -0.2) is 34.2 Å². The van der Waals surface area contributed by atoms with E-state index >= 15 is 0 Å². The Hall–Kier alpha value is -0.730. The summed E-state index contributed by atoms with van der Waals surface area (Å²) < 4.78 is 50.6. The molecule has 1 aliphatic heterocycles. The largest absolute Gasteiger partial charge is 0.355 e. The summed E-state index contributed by atoms with van der Waals surface area (Å²) in [6.07, 6.45) is 0. The molecule has 1 fully saturated rings. The number of ether oxygens (including phenoxy) is 2. The van der Waals surface area contributed by atoms with Gasteiger partial charge in [0.25, 0.3) is 0 Å². The van der Waals surface area contributed by atoms with E-state index in [1.165, 1.54) is 18.2 Å². The molecule has 0 bridgehead atoms. The van der Waals surface area contributed by atoms with Gasteiger partial charge in [-0.3, -0.25) is 0 Å². The maximum atomic E-state index is 13.8. The van der Waals surface area contributed by atoms with Gasteiger partial charge in [0.1, 0.15) is 12.6 Å². The summed E-state index contributed by atoms with van der Waals surface area (Å²) in [5, 5.41) is 0.189. The molecule has 1 aromatic rings. The van der Waals surface area contributed by atoms with E-state index < -0.39 is 21.9 Å². The summed E-state index contributed by atoms with van der Waals surface area (Å²) in [6, 6.07) is 3.48. The van der Waals surface area contributed by atoms with Crippen molar-refractivity contribution >= 4 is 21.6 Å². The molecule has 1 aromatic carbocycles. The van der Waals surface area contributed by atoms with Gasteiger partial charge in [0, 0.05) is 22.5 Å². The molecule has 1 atom stereocenters. The molecular formula is C13H17ClFNO4S. The minimum atomic E-state index is -3.60. The van der Waals surface area contributed by atoms with E-state index in [2.05, 4.69) is 4.72 Å². The molecule has 21 heavy (non-hydrogen) atoms. The maximum Gasteiger partial charge on any atom is 0.212 e. The molecule has 0 spiro atoms. The summed E-state index contributed by atoms with van der Waals surface area (Å²) in [4.78, 5) is 0. The number of halogens is 2. The van der Waals surface area contributed by atoms with Gasteiger partial charge in [0.2, 0.25) is 10.0 Å². The molecule has 1 heterocycles. The number of rotatable bonds is 5. The van der Waals surface area contributed by atoms with Crippen LogP contribution in [0.1, 0.15) is 18.5 Å². The lowest BCUT2D eigenvalue weighted by Gasteiger charge is -2.23. The van der Waals surface area contributed by atoms with Gasteiger partial charge in [-0.05, 0) is 19.1 Å². The highest BCUT2D eigenvalue weighted by molar-refractivity contribution is 7.89. The first-order valence-electron chi connectivity index (χ1n) is 6.48. The zero-order chi connectivity index (χ0) is 15.5. The molecule has 0 radical (unpaired) electrons. The molecule has 0 aromatic heterocycles. The van der Waals surface area contributed by atoms with E-state index in [1.807, 2.05) is 0 Å². The van der Waals surface area contributed by atoms with E-state index in [0.29, 0.717) is 13.2 Å². The quantitative estimate of drug-likeness (QED) is 0.893. The van der Waals surface area contributed by atoms with E-state index in [0.717, 1.165) is 0 Å². The number of benzene rings is 1. The third kappa shape index (κ3) is 4.62. The fourth-order valence-corrected chi connectivity index (χ4v) is 4.14. The highest BCUT2D eigenvalue weighted by Crippen LogP contribution is 2.26. The second-order valence-electron chi connectivity index (χ2n) is 4.98. The van der Waals surface area contributed by atoms with Crippen molar-refractivity contribution in [1.29, 1.82) is 0 Å². The lowest BCUT2D eigenvalue weighted by atomic mass is 10.1. The zero-order valence-electron chi connectivity index (χ0n) is 11.5. The van der Waals surface area contributed by atoms with Crippen LogP contribution >= 0.6 is 11.6 Å². The highest BCUT2D eigenvalue weighted by Gasteiger charge is 2.25. The first kappa shape index (κ1) is 16.6. The molecule has 5 nitrogen and oxygen atoms in total. The molecule has 0 aliphatic carbocycles. The van der Waals surface area contributed by atoms with E-state index in [-0.39, 0.29) is 29.0 Å². The molecule has 0 amide bonds. The molecule has 2 rings (SSSR count). The van der Waals surface area contributed by atoms with Crippen molar-refractivity contribution in [2.75, 3.05) is 25.8 Å². The summed E-state index contributed by atoms with van der Waals surface area (Å²) >= 11 is 5.93. The number of hydrogen-bond acceptors (Lipinski definition) is 4. The van der Waals surface area contributed by atoms with Crippen molar-refractivity contribution in [3.05, 3.63) is 34.6 Å². The SMILES string of the molecule is CC(NS(=O)(=O)CC1COCOC1)c1c(F)cccc1Cl. The minimum Gasteiger partial charge on any atom is -0.355 e. The van der Waals surface area contributed by atoms with Crippen molar-refractivity contribution in [1.82, 2.24) is 4.72 Å². The van der Waals surface area contributed by atoms with Gasteiger partial charge < -0.3 is 9.47 Å². The van der Waals surface area contributed by atoms with Crippen LogP contribution in [-0.2, 0) is 19.5 Å². The summed E-state index contributed by atoms with van der Waals surface area (Å²) in [5.74, 6) is -0.912. The summed E-state index contributed by atoms with van der Waals surface area (Å²) in [5.41, 5.74) is 0.138. The lowest BCUT2D eigenvalue weighted by molar-refractivity contribution is -0.120. The Kier molecular flexibility index (Phi) is 5.56. The van der Waals surface area contributed by atoms with Gasteiger partial charge in [0.15, 0.2) is 0 Å². The average molecular weight is 338 g/mol.